The summed E-state index contributed by atoms with van der Waals surface area (Å²) in [6, 6.07) is 14.3. The maximum absolute atomic E-state index is 13.5. The number of amides is 1. The zero-order chi connectivity index (χ0) is 28.3. The summed E-state index contributed by atoms with van der Waals surface area (Å²) in [5.74, 6) is 1.93. The van der Waals surface area contributed by atoms with E-state index >= 15 is 0 Å². The normalized spacial score (nSPS) is 14.3. The average molecular weight is 552 g/mol. The molecule has 41 heavy (non-hydrogen) atoms. The van der Waals surface area contributed by atoms with E-state index in [9.17, 15) is 4.79 Å². The van der Waals surface area contributed by atoms with Crippen molar-refractivity contribution in [2.45, 2.75) is 39.5 Å². The lowest BCUT2D eigenvalue weighted by molar-refractivity contribution is 0.102. The number of piperazine rings is 1. The van der Waals surface area contributed by atoms with Gasteiger partial charge < -0.3 is 30.2 Å². The van der Waals surface area contributed by atoms with E-state index in [0.717, 1.165) is 103 Å². The molecular formula is C32H37N7O2. The third-order valence-corrected chi connectivity index (χ3v) is 8.09. The van der Waals surface area contributed by atoms with Crippen LogP contribution >= 0.6 is 0 Å². The van der Waals surface area contributed by atoms with Gasteiger partial charge in [-0.25, -0.2) is 4.98 Å². The van der Waals surface area contributed by atoms with Crippen LogP contribution in [0.4, 0.5) is 23.0 Å². The van der Waals surface area contributed by atoms with Crippen molar-refractivity contribution in [2.24, 2.45) is 0 Å². The number of aromatic nitrogens is 3. The van der Waals surface area contributed by atoms with Crippen LogP contribution in [-0.4, -0.2) is 53.7 Å². The molecule has 6 rings (SSSR count). The van der Waals surface area contributed by atoms with Crippen LogP contribution in [0.25, 0.3) is 5.82 Å². The Labute approximate surface area is 241 Å². The molecule has 0 spiro atoms. The molecule has 9 heteroatoms. The summed E-state index contributed by atoms with van der Waals surface area (Å²) in [6.45, 7) is 8.11. The molecule has 1 amide bonds. The molecule has 4 aromatic rings. The van der Waals surface area contributed by atoms with Crippen LogP contribution in [0.1, 0.15) is 46.6 Å². The van der Waals surface area contributed by atoms with E-state index in [0.29, 0.717) is 11.5 Å². The van der Waals surface area contributed by atoms with E-state index in [2.05, 4.69) is 70.0 Å². The second-order valence-electron chi connectivity index (χ2n) is 10.4. The minimum Gasteiger partial charge on any atom is -0.494 e. The van der Waals surface area contributed by atoms with Crippen LogP contribution in [0, 0.1) is 0 Å². The first-order valence-electron chi connectivity index (χ1n) is 14.5. The number of para-hydroxylation sites is 1. The standard InChI is InChI=1S/C32H37N7O2/c1-4-21-7-6-8-22(5-2)29(21)36-31(40)25-13-16-39-27(25)12-9-23-20-34-32(37-30(23)39)35-26-11-10-24(19-28(26)41-3)38-17-14-33-15-18-38/h6-8,10-11,13,16,19-20,33H,4-5,9,12,14-15,17-18H2,1-3H3,(H,36,40)(H,34,35,37). The van der Waals surface area contributed by atoms with E-state index in [-0.39, 0.29) is 5.91 Å². The van der Waals surface area contributed by atoms with E-state index in [1.807, 2.05) is 29.1 Å². The van der Waals surface area contributed by atoms with Gasteiger partial charge in [-0.3, -0.25) is 4.79 Å². The van der Waals surface area contributed by atoms with Crippen molar-refractivity contribution in [3.05, 3.63) is 82.8 Å². The fraction of sp³-hybridized carbons (Fsp3) is 0.344. The minimum absolute atomic E-state index is 0.0838. The molecule has 2 aromatic heterocycles. The Morgan fingerprint density at radius 3 is 2.56 bits per heavy atom. The number of anilines is 4. The topological polar surface area (TPSA) is 96.3 Å². The van der Waals surface area contributed by atoms with Gasteiger partial charge in [0, 0.05) is 67.3 Å². The molecule has 212 valence electrons. The first kappa shape index (κ1) is 26.8. The summed E-state index contributed by atoms with van der Waals surface area (Å²) in [6.07, 6.45) is 7.06. The Hall–Kier alpha value is -4.37. The van der Waals surface area contributed by atoms with Gasteiger partial charge in [0.15, 0.2) is 0 Å². The van der Waals surface area contributed by atoms with Gasteiger partial charge in [-0.15, -0.1) is 0 Å². The molecule has 0 aliphatic carbocycles. The Morgan fingerprint density at radius 2 is 1.83 bits per heavy atom. The lowest BCUT2D eigenvalue weighted by Crippen LogP contribution is -2.43. The predicted molar refractivity (Wildman–Crippen MR) is 163 cm³/mol. The van der Waals surface area contributed by atoms with Gasteiger partial charge in [0.2, 0.25) is 5.95 Å². The number of carbonyl (C=O) groups is 1. The number of ether oxygens (including phenoxy) is 1. The average Bonchev–Trinajstić information content (AvgIpc) is 3.47. The summed E-state index contributed by atoms with van der Waals surface area (Å²) in [7, 11) is 1.68. The fourth-order valence-corrected chi connectivity index (χ4v) is 5.83. The fourth-order valence-electron chi connectivity index (χ4n) is 5.83. The molecule has 1 saturated heterocycles. The summed E-state index contributed by atoms with van der Waals surface area (Å²) in [5.41, 5.74) is 7.87. The number of benzene rings is 2. The molecule has 0 radical (unpaired) electrons. The smallest absolute Gasteiger partial charge is 0.257 e. The maximum atomic E-state index is 13.5. The Bertz CT molecular complexity index is 1550. The molecule has 9 nitrogen and oxygen atoms in total. The van der Waals surface area contributed by atoms with Crippen molar-refractivity contribution in [2.75, 3.05) is 48.8 Å². The van der Waals surface area contributed by atoms with Crippen LogP contribution < -0.4 is 25.6 Å². The van der Waals surface area contributed by atoms with Crippen LogP contribution in [0.15, 0.2) is 54.9 Å². The number of nitrogens with zero attached hydrogens (tertiary/aromatic N) is 4. The van der Waals surface area contributed by atoms with E-state index in [4.69, 9.17) is 9.72 Å². The van der Waals surface area contributed by atoms with Gasteiger partial charge in [0.1, 0.15) is 11.6 Å². The van der Waals surface area contributed by atoms with Gasteiger partial charge in [-0.1, -0.05) is 32.0 Å². The molecule has 0 atom stereocenters. The van der Waals surface area contributed by atoms with E-state index in [1.165, 1.54) is 0 Å². The molecule has 2 aliphatic heterocycles. The summed E-state index contributed by atoms with van der Waals surface area (Å²) < 4.78 is 7.74. The SMILES string of the molecule is CCc1cccc(CC)c1NC(=O)c1ccn2c1CCc1cnc(Nc3ccc(N4CCNCC4)cc3OC)nc1-2. The summed E-state index contributed by atoms with van der Waals surface area (Å²) in [5, 5.41) is 9.97. The Kier molecular flexibility index (Phi) is 7.61. The van der Waals surface area contributed by atoms with Crippen molar-refractivity contribution < 1.29 is 9.53 Å². The number of methoxy groups -OCH3 is 1. The van der Waals surface area contributed by atoms with Crippen LogP contribution in [0.3, 0.4) is 0 Å². The van der Waals surface area contributed by atoms with Crippen molar-refractivity contribution in [3.8, 4) is 11.6 Å². The second kappa shape index (κ2) is 11.6. The predicted octanol–water partition coefficient (Wildman–Crippen LogP) is 4.90. The number of aryl methyl sites for hydroxylation is 3. The van der Waals surface area contributed by atoms with Crippen molar-refractivity contribution in [1.29, 1.82) is 0 Å². The highest BCUT2D eigenvalue weighted by atomic mass is 16.5. The molecular weight excluding hydrogens is 514 g/mol. The molecule has 0 bridgehead atoms. The van der Waals surface area contributed by atoms with Gasteiger partial charge in [-0.05, 0) is 55.0 Å². The third kappa shape index (κ3) is 5.25. The Morgan fingerprint density at radius 1 is 1.05 bits per heavy atom. The zero-order valence-electron chi connectivity index (χ0n) is 24.0. The van der Waals surface area contributed by atoms with Crippen LogP contribution in [0.2, 0.25) is 0 Å². The zero-order valence-corrected chi connectivity index (χ0v) is 24.0. The number of hydrogen-bond acceptors (Lipinski definition) is 7. The highest BCUT2D eigenvalue weighted by Crippen LogP contribution is 2.33. The summed E-state index contributed by atoms with van der Waals surface area (Å²) in [4.78, 5) is 25.4. The molecule has 3 N–H and O–H groups in total. The second-order valence-corrected chi connectivity index (χ2v) is 10.4. The van der Waals surface area contributed by atoms with Crippen LogP contribution in [-0.2, 0) is 25.7 Å². The van der Waals surface area contributed by atoms with Gasteiger partial charge >= 0.3 is 0 Å². The maximum Gasteiger partial charge on any atom is 0.257 e. The van der Waals surface area contributed by atoms with E-state index < -0.39 is 0 Å². The van der Waals surface area contributed by atoms with Crippen LogP contribution in [0.5, 0.6) is 5.75 Å². The highest BCUT2D eigenvalue weighted by Gasteiger charge is 2.25. The quantitative estimate of drug-likeness (QED) is 0.287. The molecule has 2 aliphatic rings. The number of carbonyl (C=O) groups excluding carboxylic acids is 1. The monoisotopic (exact) mass is 551 g/mol. The highest BCUT2D eigenvalue weighted by molar-refractivity contribution is 6.06. The van der Waals surface area contributed by atoms with Crippen molar-refractivity contribution >= 4 is 28.9 Å². The number of rotatable bonds is 8. The summed E-state index contributed by atoms with van der Waals surface area (Å²) >= 11 is 0. The van der Waals surface area contributed by atoms with Gasteiger partial charge in [0.25, 0.3) is 5.91 Å². The molecule has 1 fully saturated rings. The molecule has 4 heterocycles. The largest absolute Gasteiger partial charge is 0.494 e. The first-order chi connectivity index (χ1) is 20.1. The van der Waals surface area contributed by atoms with E-state index in [1.54, 1.807) is 7.11 Å². The number of hydrogen-bond donors (Lipinski definition) is 3. The van der Waals surface area contributed by atoms with Crippen molar-refractivity contribution in [3.63, 3.8) is 0 Å². The lowest BCUT2D eigenvalue weighted by atomic mass is 10.0. The first-order valence-corrected chi connectivity index (χ1v) is 14.5. The Balaban J connectivity index is 1.25. The lowest BCUT2D eigenvalue weighted by Gasteiger charge is -2.30. The molecule has 0 saturated carbocycles. The van der Waals surface area contributed by atoms with Crippen molar-refractivity contribution in [1.82, 2.24) is 19.9 Å². The minimum atomic E-state index is -0.0838. The molecule has 0 unspecified atom stereocenters. The van der Waals surface area contributed by atoms with Gasteiger partial charge in [-0.2, -0.15) is 4.98 Å². The number of nitrogens with one attached hydrogen (secondary N) is 3. The third-order valence-electron chi connectivity index (χ3n) is 8.09. The number of fused-ring (bicyclic) bond motifs is 3. The molecule has 2 aromatic carbocycles. The van der Waals surface area contributed by atoms with Gasteiger partial charge in [0.05, 0.1) is 18.4 Å².